The number of rotatable bonds is 6. The summed E-state index contributed by atoms with van der Waals surface area (Å²) in [4.78, 5) is 9.34. The number of aliphatic imine (C=N–C) groups is 1. The van der Waals surface area contributed by atoms with Crippen LogP contribution >= 0.6 is 0 Å². The molecule has 2 heterocycles. The molecule has 1 aliphatic heterocycles. The highest BCUT2D eigenvalue weighted by Gasteiger charge is 2.59. The molecule has 0 aromatic carbocycles. The number of aryl methyl sites for hydroxylation is 2. The number of nitrogens with zero attached hydrogens (tertiary/aromatic N) is 4. The minimum atomic E-state index is 0.341. The van der Waals surface area contributed by atoms with Gasteiger partial charge in [0.1, 0.15) is 5.82 Å². The third-order valence-corrected chi connectivity index (χ3v) is 6.62. The lowest BCUT2D eigenvalue weighted by molar-refractivity contribution is -0.168. The maximum Gasteiger partial charge on any atom is 0.191 e. The molecule has 1 aromatic rings. The van der Waals surface area contributed by atoms with Gasteiger partial charge in [-0.3, -0.25) is 4.99 Å². The lowest BCUT2D eigenvalue weighted by atomic mass is 9.51. The maximum absolute atomic E-state index is 5.99. The fourth-order valence-corrected chi connectivity index (χ4v) is 4.92. The van der Waals surface area contributed by atoms with Gasteiger partial charge in [-0.05, 0) is 39.5 Å². The number of hydrogen-bond acceptors (Lipinski definition) is 4. The van der Waals surface area contributed by atoms with E-state index >= 15 is 0 Å². The third-order valence-electron chi connectivity index (χ3n) is 6.62. The summed E-state index contributed by atoms with van der Waals surface area (Å²) in [7, 11) is 0. The number of aromatic nitrogens is 3. The first-order valence-electron chi connectivity index (χ1n) is 10.8. The van der Waals surface area contributed by atoms with E-state index < -0.39 is 0 Å². The van der Waals surface area contributed by atoms with Crippen LogP contribution in [0.4, 0.5) is 0 Å². The first-order valence-corrected chi connectivity index (χ1v) is 10.8. The predicted octanol–water partition coefficient (Wildman–Crippen LogP) is 2.06. The molecule has 2 fully saturated rings. The van der Waals surface area contributed by atoms with Crippen LogP contribution in [-0.4, -0.2) is 52.1 Å². The zero-order valence-corrected chi connectivity index (χ0v) is 17.0. The van der Waals surface area contributed by atoms with Crippen molar-refractivity contribution in [2.45, 2.75) is 90.4 Å². The molecule has 2 saturated carbocycles. The van der Waals surface area contributed by atoms with Gasteiger partial charge in [-0.1, -0.05) is 13.3 Å². The maximum atomic E-state index is 5.99. The van der Waals surface area contributed by atoms with Crippen molar-refractivity contribution in [3.8, 4) is 0 Å². The van der Waals surface area contributed by atoms with Crippen LogP contribution < -0.4 is 10.6 Å². The van der Waals surface area contributed by atoms with Gasteiger partial charge in [0.2, 0.25) is 0 Å². The molecule has 1 spiro atoms. The summed E-state index contributed by atoms with van der Waals surface area (Å²) in [6.45, 7) is 8.77. The largest absolute Gasteiger partial charge is 0.378 e. The van der Waals surface area contributed by atoms with Crippen LogP contribution in [0.5, 0.6) is 0 Å². The minimum absolute atomic E-state index is 0.341. The molecule has 0 saturated heterocycles. The molecule has 27 heavy (non-hydrogen) atoms. The molecule has 150 valence electrons. The van der Waals surface area contributed by atoms with Crippen molar-refractivity contribution in [1.29, 1.82) is 0 Å². The van der Waals surface area contributed by atoms with Crippen molar-refractivity contribution < 1.29 is 4.74 Å². The Kier molecular flexibility index (Phi) is 5.39. The summed E-state index contributed by atoms with van der Waals surface area (Å²) in [6, 6.07) is 0.833. The van der Waals surface area contributed by atoms with E-state index in [0.29, 0.717) is 23.6 Å². The van der Waals surface area contributed by atoms with Crippen molar-refractivity contribution >= 4 is 5.96 Å². The number of nitrogens with one attached hydrogen (secondary N) is 2. The molecular weight excluding hydrogens is 340 g/mol. The Labute approximate surface area is 162 Å². The number of ether oxygens (including phenoxy) is 1. The van der Waals surface area contributed by atoms with Gasteiger partial charge in [0.25, 0.3) is 0 Å². The fraction of sp³-hybridized carbons (Fsp3) is 0.850. The first kappa shape index (κ1) is 18.7. The number of fused-ring (bicyclic) bond motifs is 1. The van der Waals surface area contributed by atoms with E-state index in [-0.39, 0.29) is 0 Å². The Balaban J connectivity index is 1.37. The van der Waals surface area contributed by atoms with Gasteiger partial charge in [-0.25, -0.2) is 9.67 Å². The molecule has 0 amide bonds. The van der Waals surface area contributed by atoms with E-state index in [1.165, 1.54) is 19.3 Å². The molecule has 0 bridgehead atoms. The van der Waals surface area contributed by atoms with Crippen molar-refractivity contribution in [3.05, 3.63) is 11.6 Å². The van der Waals surface area contributed by atoms with Crippen LogP contribution in [0.2, 0.25) is 0 Å². The monoisotopic (exact) mass is 374 g/mol. The van der Waals surface area contributed by atoms with Crippen LogP contribution in [0.15, 0.2) is 4.99 Å². The Morgan fingerprint density at radius 3 is 2.81 bits per heavy atom. The van der Waals surface area contributed by atoms with Crippen molar-refractivity contribution in [2.24, 2.45) is 10.4 Å². The summed E-state index contributed by atoms with van der Waals surface area (Å²) in [6.07, 6.45) is 8.35. The van der Waals surface area contributed by atoms with E-state index in [0.717, 1.165) is 63.0 Å². The van der Waals surface area contributed by atoms with Gasteiger partial charge in [-0.2, -0.15) is 5.10 Å². The molecule has 2 aliphatic carbocycles. The highest BCUT2D eigenvalue weighted by molar-refractivity contribution is 5.80. The van der Waals surface area contributed by atoms with Gasteiger partial charge in [0, 0.05) is 43.5 Å². The highest BCUT2D eigenvalue weighted by Crippen LogP contribution is 2.57. The standard InChI is InChI=1S/C20H34N6O/c1-4-17-24-18-9-8-14(13-26(18)25-17)22-19(21-5-2)23-15-12-16(27-6-3)20(15)10-7-11-20/h14-16H,4-13H2,1-3H3,(H2,21,22,23). The summed E-state index contributed by atoms with van der Waals surface area (Å²) in [5.74, 6) is 3.03. The van der Waals surface area contributed by atoms with Crippen molar-refractivity contribution in [2.75, 3.05) is 13.2 Å². The van der Waals surface area contributed by atoms with E-state index in [9.17, 15) is 0 Å². The van der Waals surface area contributed by atoms with Gasteiger partial charge >= 0.3 is 0 Å². The van der Waals surface area contributed by atoms with Gasteiger partial charge in [-0.15, -0.1) is 0 Å². The van der Waals surface area contributed by atoms with E-state index in [4.69, 9.17) is 9.73 Å². The Morgan fingerprint density at radius 1 is 1.30 bits per heavy atom. The topological polar surface area (TPSA) is 76.4 Å². The quantitative estimate of drug-likeness (QED) is 0.589. The van der Waals surface area contributed by atoms with E-state index in [2.05, 4.69) is 46.2 Å². The smallest absolute Gasteiger partial charge is 0.191 e. The summed E-state index contributed by atoms with van der Waals surface area (Å²) < 4.78 is 8.07. The molecule has 3 atom stereocenters. The lowest BCUT2D eigenvalue weighted by Gasteiger charge is -2.61. The third kappa shape index (κ3) is 3.46. The molecule has 7 nitrogen and oxygen atoms in total. The first-order chi connectivity index (χ1) is 13.2. The van der Waals surface area contributed by atoms with Crippen LogP contribution in [0, 0.1) is 5.41 Å². The lowest BCUT2D eigenvalue weighted by Crippen LogP contribution is -2.69. The number of hydrogen-bond donors (Lipinski definition) is 2. The second-order valence-electron chi connectivity index (χ2n) is 8.15. The van der Waals surface area contributed by atoms with E-state index in [1.807, 2.05) is 0 Å². The van der Waals surface area contributed by atoms with Gasteiger partial charge in [0.15, 0.2) is 11.8 Å². The summed E-state index contributed by atoms with van der Waals surface area (Å²) >= 11 is 0. The SMILES string of the molecule is CCN=C(NC1CCc2nc(CC)nn2C1)NC1CC(OCC)C12CCC2. The number of guanidine groups is 1. The fourth-order valence-electron chi connectivity index (χ4n) is 4.92. The molecule has 1 aromatic heterocycles. The second kappa shape index (κ2) is 7.78. The molecule has 7 heteroatoms. The Morgan fingerprint density at radius 2 is 2.15 bits per heavy atom. The second-order valence-corrected chi connectivity index (χ2v) is 8.15. The average Bonchev–Trinajstić information content (AvgIpc) is 3.02. The average molecular weight is 375 g/mol. The summed E-state index contributed by atoms with van der Waals surface area (Å²) in [5, 5.41) is 12.0. The molecule has 0 radical (unpaired) electrons. The van der Waals surface area contributed by atoms with E-state index in [1.54, 1.807) is 0 Å². The molecular formula is C20H34N6O. The zero-order chi connectivity index (χ0) is 18.9. The summed E-state index contributed by atoms with van der Waals surface area (Å²) in [5.41, 5.74) is 0.341. The van der Waals surface area contributed by atoms with Crippen LogP contribution in [0.25, 0.3) is 0 Å². The minimum Gasteiger partial charge on any atom is -0.378 e. The van der Waals surface area contributed by atoms with Crippen molar-refractivity contribution in [3.63, 3.8) is 0 Å². The van der Waals surface area contributed by atoms with Gasteiger partial charge in [0.05, 0.1) is 12.6 Å². The Hall–Kier alpha value is -1.63. The molecule has 3 aliphatic rings. The zero-order valence-electron chi connectivity index (χ0n) is 17.0. The highest BCUT2D eigenvalue weighted by atomic mass is 16.5. The van der Waals surface area contributed by atoms with Crippen LogP contribution in [0.1, 0.15) is 64.5 Å². The van der Waals surface area contributed by atoms with Crippen LogP contribution in [0.3, 0.4) is 0 Å². The normalized spacial score (nSPS) is 29.0. The molecule has 2 N–H and O–H groups in total. The van der Waals surface area contributed by atoms with Gasteiger partial charge < -0.3 is 15.4 Å². The Bertz CT molecular complexity index is 680. The van der Waals surface area contributed by atoms with Crippen LogP contribution in [-0.2, 0) is 24.1 Å². The van der Waals surface area contributed by atoms with Crippen molar-refractivity contribution in [1.82, 2.24) is 25.4 Å². The predicted molar refractivity (Wildman–Crippen MR) is 106 cm³/mol. The molecule has 4 rings (SSSR count). The molecule has 3 unspecified atom stereocenters.